The highest BCUT2D eigenvalue weighted by molar-refractivity contribution is 5.83. The van der Waals surface area contributed by atoms with E-state index in [4.69, 9.17) is 14.5 Å². The Morgan fingerprint density at radius 3 is 2.55 bits per heavy atom. The molecule has 0 amide bonds. The van der Waals surface area contributed by atoms with Crippen LogP contribution in [0, 0.1) is 0 Å². The van der Waals surface area contributed by atoms with Crippen LogP contribution in [-0.2, 0) is 4.74 Å². The lowest BCUT2D eigenvalue weighted by Crippen LogP contribution is -2.22. The normalized spacial score (nSPS) is 13.2. The molecule has 0 radical (unpaired) electrons. The lowest BCUT2D eigenvalue weighted by molar-refractivity contribution is -0.0176. The number of aromatic nitrogens is 2. The van der Waals surface area contributed by atoms with Gasteiger partial charge in [-0.1, -0.05) is 70.2 Å². The van der Waals surface area contributed by atoms with E-state index in [9.17, 15) is 9.90 Å². The molecule has 0 bridgehead atoms. The zero-order valence-corrected chi connectivity index (χ0v) is 20.0. The van der Waals surface area contributed by atoms with Gasteiger partial charge in [0.25, 0.3) is 5.56 Å². The summed E-state index contributed by atoms with van der Waals surface area (Å²) >= 11 is 0. The molecule has 1 aromatic heterocycles. The van der Waals surface area contributed by atoms with E-state index in [-0.39, 0.29) is 5.56 Å². The van der Waals surface area contributed by atoms with Gasteiger partial charge in [-0.25, -0.2) is 4.98 Å². The van der Waals surface area contributed by atoms with Crippen LogP contribution in [0.3, 0.4) is 0 Å². The summed E-state index contributed by atoms with van der Waals surface area (Å²) in [6.07, 6.45) is 5.89. The summed E-state index contributed by atoms with van der Waals surface area (Å²) in [4.78, 5) is 20.7. The summed E-state index contributed by atoms with van der Waals surface area (Å²) in [5.74, 6) is 1.12. The molecule has 0 aliphatic carbocycles. The summed E-state index contributed by atoms with van der Waals surface area (Å²) in [5, 5.41) is 11.4. The fraction of sp³-hybridized carbons (Fsp3) is 0.481. The molecule has 6 heteroatoms. The number of hydrogen-bond acceptors (Lipinski definition) is 5. The van der Waals surface area contributed by atoms with Crippen LogP contribution in [0.2, 0.25) is 0 Å². The Labute approximate surface area is 196 Å². The van der Waals surface area contributed by atoms with Crippen molar-refractivity contribution in [2.24, 2.45) is 0 Å². The van der Waals surface area contributed by atoms with Crippen molar-refractivity contribution < 1.29 is 14.6 Å². The molecule has 3 aromatic rings. The number of hydrogen-bond donors (Lipinski definition) is 2. The number of nitrogens with one attached hydrogen (secondary N) is 1. The predicted octanol–water partition coefficient (Wildman–Crippen LogP) is 5.79. The van der Waals surface area contributed by atoms with Crippen molar-refractivity contribution in [3.8, 4) is 17.1 Å². The van der Waals surface area contributed by atoms with Gasteiger partial charge >= 0.3 is 0 Å². The molecule has 2 aromatic carbocycles. The average molecular weight is 453 g/mol. The quantitative estimate of drug-likeness (QED) is 0.321. The summed E-state index contributed by atoms with van der Waals surface area (Å²) in [5.41, 5.74) is 1.75. The van der Waals surface area contributed by atoms with Gasteiger partial charge in [0.05, 0.1) is 29.2 Å². The third kappa shape index (κ3) is 6.21. The molecule has 0 saturated carbocycles. The predicted molar refractivity (Wildman–Crippen MR) is 133 cm³/mol. The second-order valence-corrected chi connectivity index (χ2v) is 8.43. The van der Waals surface area contributed by atoms with Crippen LogP contribution in [0.5, 0.6) is 5.75 Å². The molecule has 3 rings (SSSR count). The first-order valence-electron chi connectivity index (χ1n) is 12.1. The summed E-state index contributed by atoms with van der Waals surface area (Å²) in [7, 11) is 1.59. The fourth-order valence-electron chi connectivity index (χ4n) is 4.14. The molecule has 2 unspecified atom stereocenters. The Hall–Kier alpha value is -2.70. The van der Waals surface area contributed by atoms with Crippen molar-refractivity contribution in [3.63, 3.8) is 0 Å². The van der Waals surface area contributed by atoms with Crippen LogP contribution >= 0.6 is 0 Å². The first kappa shape index (κ1) is 24.9. The van der Waals surface area contributed by atoms with E-state index in [2.05, 4.69) is 11.9 Å². The minimum absolute atomic E-state index is 0.231. The zero-order chi connectivity index (χ0) is 23.6. The number of unbranched alkanes of at least 4 members (excludes halogenated alkanes) is 4. The van der Waals surface area contributed by atoms with E-state index in [1.54, 1.807) is 13.2 Å². The lowest BCUT2D eigenvalue weighted by atomic mass is 9.97. The number of fused-ring (bicyclic) bond motifs is 1. The van der Waals surface area contributed by atoms with Crippen molar-refractivity contribution >= 4 is 10.9 Å². The standard InChI is InChI=1S/C27H36N2O4/c1-4-6-7-8-9-16-22(30)25(32-3)20-14-12-15-21-24(20)28-26(29-27(21)31)19-13-10-11-17-23(19)33-18-5-2/h10-15,17,22,25,30H,4-9,16,18H2,1-3H3,(H,28,29,31). The van der Waals surface area contributed by atoms with Crippen LogP contribution in [0.25, 0.3) is 22.3 Å². The van der Waals surface area contributed by atoms with E-state index >= 15 is 0 Å². The monoisotopic (exact) mass is 452 g/mol. The maximum atomic E-state index is 13.0. The average Bonchev–Trinajstić information content (AvgIpc) is 2.83. The van der Waals surface area contributed by atoms with E-state index in [0.29, 0.717) is 35.5 Å². The molecule has 0 aliphatic rings. The molecule has 0 spiro atoms. The van der Waals surface area contributed by atoms with Crippen molar-refractivity contribution in [1.82, 2.24) is 9.97 Å². The maximum Gasteiger partial charge on any atom is 0.259 e. The van der Waals surface area contributed by atoms with Gasteiger partial charge in [-0.05, 0) is 31.0 Å². The topological polar surface area (TPSA) is 84.4 Å². The highest BCUT2D eigenvalue weighted by Crippen LogP contribution is 2.31. The van der Waals surface area contributed by atoms with Gasteiger partial charge in [0, 0.05) is 12.7 Å². The van der Waals surface area contributed by atoms with Crippen molar-refractivity contribution in [2.75, 3.05) is 13.7 Å². The molecule has 0 fully saturated rings. The number of nitrogens with zero attached hydrogens (tertiary/aromatic N) is 1. The van der Waals surface area contributed by atoms with Crippen LogP contribution in [-0.4, -0.2) is 34.9 Å². The number of methoxy groups -OCH3 is 1. The van der Waals surface area contributed by atoms with Crippen LogP contribution in [0.15, 0.2) is 47.3 Å². The Kier molecular flexibility index (Phi) is 9.46. The molecule has 2 N–H and O–H groups in total. The van der Waals surface area contributed by atoms with Gasteiger partial charge in [-0.3, -0.25) is 4.79 Å². The Morgan fingerprint density at radius 2 is 1.79 bits per heavy atom. The third-order valence-corrected chi connectivity index (χ3v) is 5.88. The summed E-state index contributed by atoms with van der Waals surface area (Å²) in [6, 6.07) is 13.0. The number of H-pyrrole nitrogens is 1. The number of aromatic amines is 1. The molecule has 1 heterocycles. The van der Waals surface area contributed by atoms with Gasteiger partial charge in [0.15, 0.2) is 0 Å². The lowest BCUT2D eigenvalue weighted by Gasteiger charge is -2.23. The van der Waals surface area contributed by atoms with Crippen molar-refractivity contribution in [3.05, 3.63) is 58.4 Å². The Balaban J connectivity index is 1.97. The SMILES string of the molecule is CCCCCCCC(O)C(OC)c1cccc2c(=O)[nH]c(-c3ccccc3OCCC)nc12. The van der Waals surface area contributed by atoms with Gasteiger partial charge in [0.1, 0.15) is 17.7 Å². The summed E-state index contributed by atoms with van der Waals surface area (Å²) < 4.78 is 11.6. The molecule has 33 heavy (non-hydrogen) atoms. The smallest absolute Gasteiger partial charge is 0.259 e. The van der Waals surface area contributed by atoms with Gasteiger partial charge in [-0.2, -0.15) is 0 Å². The first-order valence-corrected chi connectivity index (χ1v) is 12.1. The molecular formula is C27H36N2O4. The van der Waals surface area contributed by atoms with Crippen molar-refractivity contribution in [1.29, 1.82) is 0 Å². The Morgan fingerprint density at radius 1 is 1.00 bits per heavy atom. The van der Waals surface area contributed by atoms with Crippen LogP contribution < -0.4 is 10.3 Å². The van der Waals surface area contributed by atoms with Crippen molar-refractivity contribution in [2.45, 2.75) is 71.0 Å². The molecular weight excluding hydrogens is 416 g/mol. The first-order chi connectivity index (χ1) is 16.1. The van der Waals surface area contributed by atoms with Crippen LogP contribution in [0.4, 0.5) is 0 Å². The summed E-state index contributed by atoms with van der Waals surface area (Å²) in [6.45, 7) is 4.81. The third-order valence-electron chi connectivity index (χ3n) is 5.88. The number of rotatable bonds is 13. The fourth-order valence-corrected chi connectivity index (χ4v) is 4.14. The van der Waals surface area contributed by atoms with Gasteiger partial charge < -0.3 is 19.6 Å². The molecule has 178 valence electrons. The van der Waals surface area contributed by atoms with E-state index in [1.807, 2.05) is 43.3 Å². The number of aliphatic hydroxyl groups excluding tert-OH is 1. The minimum Gasteiger partial charge on any atom is -0.493 e. The number of aliphatic hydroxyl groups is 1. The molecule has 0 aliphatic heterocycles. The molecule has 6 nitrogen and oxygen atoms in total. The second-order valence-electron chi connectivity index (χ2n) is 8.43. The largest absolute Gasteiger partial charge is 0.493 e. The Bertz CT molecular complexity index is 1080. The minimum atomic E-state index is -0.674. The van der Waals surface area contributed by atoms with E-state index < -0.39 is 12.2 Å². The number of para-hydroxylation sites is 2. The highest BCUT2D eigenvalue weighted by Gasteiger charge is 2.24. The van der Waals surface area contributed by atoms with Gasteiger partial charge in [-0.15, -0.1) is 0 Å². The van der Waals surface area contributed by atoms with Crippen LogP contribution in [0.1, 0.15) is 70.5 Å². The van der Waals surface area contributed by atoms with E-state index in [1.165, 1.54) is 19.3 Å². The zero-order valence-electron chi connectivity index (χ0n) is 20.0. The maximum absolute atomic E-state index is 13.0. The number of benzene rings is 2. The second kappa shape index (κ2) is 12.5. The molecule has 0 saturated heterocycles. The van der Waals surface area contributed by atoms with Gasteiger partial charge in [0.2, 0.25) is 0 Å². The molecule has 2 atom stereocenters. The van der Waals surface area contributed by atoms with E-state index in [0.717, 1.165) is 30.4 Å². The number of ether oxygens (including phenoxy) is 2. The highest BCUT2D eigenvalue weighted by atomic mass is 16.5.